The zero-order valence-electron chi connectivity index (χ0n) is 20.0. The number of aliphatic hydroxyl groups is 3. The van der Waals surface area contributed by atoms with Gasteiger partial charge in [-0.15, -0.1) is 11.3 Å². The van der Waals surface area contributed by atoms with Gasteiger partial charge in [0.2, 0.25) is 0 Å². The van der Waals surface area contributed by atoms with E-state index in [9.17, 15) is 28.5 Å². The molecule has 2 fully saturated rings. The first-order valence-corrected chi connectivity index (χ1v) is 13.1. The number of thiophene rings is 1. The van der Waals surface area contributed by atoms with Crippen molar-refractivity contribution in [1.82, 2.24) is 14.7 Å². The second kappa shape index (κ2) is 9.97. The number of aliphatic hydroxyl groups excluding tert-OH is 2. The lowest BCUT2D eigenvalue weighted by atomic mass is 9.84. The average Bonchev–Trinajstić information content (AvgIpc) is 3.54. The largest absolute Gasteiger partial charge is 0.425 e. The number of likely N-dealkylation sites (tertiary alicyclic amines) is 1. The molecule has 12 heteroatoms. The first-order chi connectivity index (χ1) is 17.1. The summed E-state index contributed by atoms with van der Waals surface area (Å²) in [5.74, 6) is 0. The summed E-state index contributed by atoms with van der Waals surface area (Å²) in [6.07, 6.45) is 0.690. The monoisotopic (exact) mass is 531 g/mol. The predicted octanol–water partition coefficient (Wildman–Crippen LogP) is 2.42. The number of aromatic nitrogens is 2. The molecule has 2 aromatic heterocycles. The number of hydrogen-bond acceptors (Lipinski definition) is 8. The van der Waals surface area contributed by atoms with E-state index in [1.54, 1.807) is 10.9 Å². The van der Waals surface area contributed by atoms with E-state index in [1.165, 1.54) is 0 Å². The van der Waals surface area contributed by atoms with Gasteiger partial charge in [-0.05, 0) is 24.8 Å². The van der Waals surface area contributed by atoms with Gasteiger partial charge in [-0.3, -0.25) is 9.58 Å². The van der Waals surface area contributed by atoms with Gasteiger partial charge in [0.05, 0.1) is 44.3 Å². The number of hydrogen-bond donors (Lipinski definition) is 3. The maximum atomic E-state index is 13.6. The van der Waals surface area contributed by atoms with Crippen LogP contribution in [-0.4, -0.2) is 74.6 Å². The highest BCUT2D eigenvalue weighted by atomic mass is 32.1. The number of halogens is 3. The molecular formula is C24H32F3N3O5S. The molecule has 0 amide bonds. The van der Waals surface area contributed by atoms with E-state index >= 15 is 0 Å². The van der Waals surface area contributed by atoms with Crippen molar-refractivity contribution >= 4 is 11.3 Å². The summed E-state index contributed by atoms with van der Waals surface area (Å²) in [6, 6.07) is 0. The van der Waals surface area contributed by atoms with Crippen molar-refractivity contribution in [1.29, 1.82) is 0 Å². The highest BCUT2D eigenvalue weighted by Crippen LogP contribution is 2.50. The van der Waals surface area contributed by atoms with Gasteiger partial charge in [0.1, 0.15) is 10.5 Å². The topological polar surface area (TPSA) is 100 Å². The maximum Gasteiger partial charge on any atom is 0.425 e. The fourth-order valence-electron chi connectivity index (χ4n) is 5.71. The van der Waals surface area contributed by atoms with Crippen LogP contribution in [0.2, 0.25) is 0 Å². The number of alkyl halides is 3. The Morgan fingerprint density at radius 1 is 1.19 bits per heavy atom. The summed E-state index contributed by atoms with van der Waals surface area (Å²) in [5.41, 5.74) is -0.121. The SMILES string of the molecule is OCc1c(C(F)(F)F)sc2c1CCOC21CCN(Cc2cnn(CC(O)CC3(O)CCOC3)c2)CC1. The van der Waals surface area contributed by atoms with Gasteiger partial charge >= 0.3 is 6.18 Å². The standard InChI is InChI=1S/C24H32F3N3O5S/c25-24(26,27)21-19(14-31)18-1-7-35-23(20(18)36-21)2-5-29(6-3-23)11-16-10-28-30(12-16)13-17(32)9-22(33)4-8-34-15-22/h10,12,17,31-33H,1-9,11,13-15H2. The van der Waals surface area contributed by atoms with E-state index in [-0.39, 0.29) is 25.1 Å². The smallest absolute Gasteiger partial charge is 0.392 e. The Morgan fingerprint density at radius 2 is 1.97 bits per heavy atom. The van der Waals surface area contributed by atoms with Crippen molar-refractivity contribution in [3.63, 3.8) is 0 Å². The molecule has 5 rings (SSSR count). The Labute approximate surface area is 211 Å². The van der Waals surface area contributed by atoms with Gasteiger partial charge in [-0.2, -0.15) is 18.3 Å². The van der Waals surface area contributed by atoms with Gasteiger partial charge in [-0.1, -0.05) is 0 Å². The second-order valence-corrected chi connectivity index (χ2v) is 11.2. The fraction of sp³-hybridized carbons (Fsp3) is 0.708. The minimum absolute atomic E-state index is 0.00906. The molecule has 8 nitrogen and oxygen atoms in total. The second-order valence-electron chi connectivity index (χ2n) is 10.2. The zero-order valence-corrected chi connectivity index (χ0v) is 20.8. The number of piperidine rings is 1. The molecule has 0 saturated carbocycles. The van der Waals surface area contributed by atoms with Crippen LogP contribution in [0.15, 0.2) is 12.4 Å². The van der Waals surface area contributed by atoms with Gasteiger partial charge in [0.15, 0.2) is 0 Å². The Hall–Kier alpha value is -1.54. The number of nitrogens with zero attached hydrogens (tertiary/aromatic N) is 3. The molecule has 2 atom stereocenters. The number of fused-ring (bicyclic) bond motifs is 2. The Balaban J connectivity index is 1.20. The third kappa shape index (κ3) is 5.22. The molecular weight excluding hydrogens is 499 g/mol. The van der Waals surface area contributed by atoms with Crippen LogP contribution < -0.4 is 0 Å². The Kier molecular flexibility index (Phi) is 7.22. The summed E-state index contributed by atoms with van der Waals surface area (Å²) >= 11 is 0.733. The van der Waals surface area contributed by atoms with Crippen molar-refractivity contribution < 1.29 is 38.0 Å². The summed E-state index contributed by atoms with van der Waals surface area (Å²) in [5, 5.41) is 34.8. The summed E-state index contributed by atoms with van der Waals surface area (Å²) < 4.78 is 53.8. The Bertz CT molecular complexity index is 1060. The molecule has 0 bridgehead atoms. The van der Waals surface area contributed by atoms with Crippen molar-refractivity contribution in [2.75, 3.05) is 32.9 Å². The summed E-state index contributed by atoms with van der Waals surface area (Å²) in [4.78, 5) is 2.15. The first kappa shape index (κ1) is 26.1. The van der Waals surface area contributed by atoms with Crippen molar-refractivity contribution in [2.45, 2.75) is 75.3 Å². The molecule has 3 aliphatic rings. The zero-order chi connectivity index (χ0) is 25.6. The minimum Gasteiger partial charge on any atom is -0.392 e. The minimum atomic E-state index is -4.49. The molecule has 3 aliphatic heterocycles. The molecule has 1 spiro atoms. The van der Waals surface area contributed by atoms with E-state index < -0.39 is 35.0 Å². The summed E-state index contributed by atoms with van der Waals surface area (Å²) in [7, 11) is 0. The number of ether oxygens (including phenoxy) is 2. The molecule has 0 aliphatic carbocycles. The molecule has 0 aromatic carbocycles. The quantitative estimate of drug-likeness (QED) is 0.505. The molecule has 3 N–H and O–H groups in total. The molecule has 36 heavy (non-hydrogen) atoms. The average molecular weight is 532 g/mol. The van der Waals surface area contributed by atoms with E-state index in [1.807, 2.05) is 6.20 Å². The van der Waals surface area contributed by atoms with Gasteiger partial charge < -0.3 is 24.8 Å². The predicted molar refractivity (Wildman–Crippen MR) is 124 cm³/mol. The molecule has 2 unspecified atom stereocenters. The van der Waals surface area contributed by atoms with Crippen molar-refractivity contribution in [3.05, 3.63) is 38.8 Å². The lowest BCUT2D eigenvalue weighted by molar-refractivity contribution is -0.135. The molecule has 2 saturated heterocycles. The third-order valence-corrected chi connectivity index (χ3v) is 9.03. The van der Waals surface area contributed by atoms with Crippen molar-refractivity contribution in [2.24, 2.45) is 0 Å². The first-order valence-electron chi connectivity index (χ1n) is 12.3. The maximum absolute atomic E-state index is 13.6. The van der Waals surface area contributed by atoms with Crippen LogP contribution in [0.3, 0.4) is 0 Å². The van der Waals surface area contributed by atoms with Crippen LogP contribution in [-0.2, 0) is 47.4 Å². The highest BCUT2D eigenvalue weighted by Gasteiger charge is 2.47. The Morgan fingerprint density at radius 3 is 2.64 bits per heavy atom. The molecule has 200 valence electrons. The number of rotatable bonds is 7. The summed E-state index contributed by atoms with van der Waals surface area (Å²) in [6.45, 7) is 2.70. The van der Waals surface area contributed by atoms with E-state index in [4.69, 9.17) is 9.47 Å². The van der Waals surface area contributed by atoms with E-state index in [0.29, 0.717) is 69.0 Å². The van der Waals surface area contributed by atoms with E-state index in [0.717, 1.165) is 16.9 Å². The molecule has 5 heterocycles. The van der Waals surface area contributed by atoms with Crippen LogP contribution in [0.5, 0.6) is 0 Å². The lowest BCUT2D eigenvalue weighted by Crippen LogP contribution is -2.45. The van der Waals surface area contributed by atoms with Gasteiger partial charge in [0, 0.05) is 61.3 Å². The van der Waals surface area contributed by atoms with Gasteiger partial charge in [-0.25, -0.2) is 0 Å². The van der Waals surface area contributed by atoms with Crippen LogP contribution >= 0.6 is 11.3 Å². The van der Waals surface area contributed by atoms with Gasteiger partial charge in [0.25, 0.3) is 0 Å². The van der Waals surface area contributed by atoms with Crippen LogP contribution in [0.25, 0.3) is 0 Å². The van der Waals surface area contributed by atoms with Crippen molar-refractivity contribution in [3.8, 4) is 0 Å². The van der Waals surface area contributed by atoms with Crippen LogP contribution in [0.4, 0.5) is 13.2 Å². The third-order valence-electron chi connectivity index (χ3n) is 7.53. The van der Waals surface area contributed by atoms with E-state index in [2.05, 4.69) is 10.00 Å². The normalized spacial score (nSPS) is 25.4. The van der Waals surface area contributed by atoms with Crippen LogP contribution in [0.1, 0.15) is 52.1 Å². The molecule has 2 aromatic rings. The lowest BCUT2D eigenvalue weighted by Gasteiger charge is -2.43. The fourth-order valence-corrected chi connectivity index (χ4v) is 7.14. The molecule has 0 radical (unpaired) electrons. The highest BCUT2D eigenvalue weighted by molar-refractivity contribution is 7.12. The van der Waals surface area contributed by atoms with Crippen LogP contribution in [0, 0.1) is 0 Å².